The largest absolute Gasteiger partial charge is 0.0610 e. The molecule has 0 N–H and O–H groups in total. The molecule has 0 spiro atoms. The van der Waals surface area contributed by atoms with E-state index in [2.05, 4.69) is 37.3 Å². The molecule has 0 aromatic heterocycles. The quantitative estimate of drug-likeness (QED) is 0.529. The average Bonchev–Trinajstić information content (AvgIpc) is 2.04. The third-order valence-corrected chi connectivity index (χ3v) is 1.82. The molecule has 1 radical (unpaired) electrons. The maximum atomic E-state index is 3.18. The smallest absolute Gasteiger partial charge is 0.00992 e. The summed E-state index contributed by atoms with van der Waals surface area (Å²) in [6.07, 6.45) is 0. The van der Waals surface area contributed by atoms with Crippen molar-refractivity contribution in [1.29, 1.82) is 0 Å². The summed E-state index contributed by atoms with van der Waals surface area (Å²) in [7, 11) is 0. The van der Waals surface area contributed by atoms with Crippen molar-refractivity contribution < 1.29 is 0 Å². The average molecular weight is 141 g/mol. The van der Waals surface area contributed by atoms with Crippen molar-refractivity contribution in [3.8, 4) is 0 Å². The second kappa shape index (κ2) is 2.39. The minimum Gasteiger partial charge on any atom is -0.0610 e. The predicted octanol–water partition coefficient (Wildman–Crippen LogP) is 2.95. The van der Waals surface area contributed by atoms with E-state index < -0.39 is 0 Å². The second-order valence-corrected chi connectivity index (χ2v) is 2.76. The van der Waals surface area contributed by atoms with Crippen molar-refractivity contribution in [2.45, 2.75) is 6.92 Å². The molecule has 0 aliphatic heterocycles. The molecule has 0 fully saturated rings. The Morgan fingerprint density at radius 3 is 3.00 bits per heavy atom. The standard InChI is InChI=1S/C11H9/c1-9-6-7-10-4-2-3-5-11(10)8-9/h2-3,5-8H,1H3. The molecule has 0 heteroatoms. The van der Waals surface area contributed by atoms with Gasteiger partial charge in [0.25, 0.3) is 0 Å². The van der Waals surface area contributed by atoms with Gasteiger partial charge in [0.15, 0.2) is 0 Å². The van der Waals surface area contributed by atoms with E-state index in [1.807, 2.05) is 12.1 Å². The number of benzene rings is 2. The predicted molar refractivity (Wildman–Crippen MR) is 47.5 cm³/mol. The first-order valence-corrected chi connectivity index (χ1v) is 3.73. The molecular formula is C11H9. The lowest BCUT2D eigenvalue weighted by Crippen LogP contribution is -1.73. The second-order valence-electron chi connectivity index (χ2n) is 2.76. The van der Waals surface area contributed by atoms with Gasteiger partial charge in [-0.3, -0.25) is 0 Å². The zero-order chi connectivity index (χ0) is 7.68. The van der Waals surface area contributed by atoms with Crippen LogP contribution in [0.15, 0.2) is 36.4 Å². The fourth-order valence-electron chi connectivity index (χ4n) is 1.24. The Kier molecular flexibility index (Phi) is 1.39. The molecule has 0 nitrogen and oxygen atoms in total. The van der Waals surface area contributed by atoms with Gasteiger partial charge in [-0.05, 0) is 23.8 Å². The molecule has 2 rings (SSSR count). The van der Waals surface area contributed by atoms with Crippen LogP contribution in [0.4, 0.5) is 0 Å². The molecule has 0 aliphatic rings. The van der Waals surface area contributed by atoms with Crippen molar-refractivity contribution in [2.24, 2.45) is 0 Å². The SMILES string of the molecule is Cc1ccc2[c]cccc2c1. The van der Waals surface area contributed by atoms with Crippen LogP contribution in [0.1, 0.15) is 5.56 Å². The van der Waals surface area contributed by atoms with Gasteiger partial charge in [0.05, 0.1) is 0 Å². The monoisotopic (exact) mass is 141 g/mol. The lowest BCUT2D eigenvalue weighted by atomic mass is 10.1. The summed E-state index contributed by atoms with van der Waals surface area (Å²) < 4.78 is 0. The zero-order valence-corrected chi connectivity index (χ0v) is 6.46. The lowest BCUT2D eigenvalue weighted by molar-refractivity contribution is 1.50. The molecular weight excluding hydrogens is 132 g/mol. The molecule has 0 saturated carbocycles. The first-order valence-electron chi connectivity index (χ1n) is 3.73. The summed E-state index contributed by atoms with van der Waals surface area (Å²) in [4.78, 5) is 0. The van der Waals surface area contributed by atoms with Gasteiger partial charge in [-0.15, -0.1) is 0 Å². The van der Waals surface area contributed by atoms with Crippen molar-refractivity contribution in [1.82, 2.24) is 0 Å². The van der Waals surface area contributed by atoms with Gasteiger partial charge in [-0.25, -0.2) is 0 Å². The maximum Gasteiger partial charge on any atom is -0.00992 e. The van der Waals surface area contributed by atoms with E-state index in [1.54, 1.807) is 0 Å². The Hall–Kier alpha value is -1.30. The summed E-state index contributed by atoms with van der Waals surface area (Å²) >= 11 is 0. The van der Waals surface area contributed by atoms with E-state index in [1.165, 1.54) is 16.3 Å². The van der Waals surface area contributed by atoms with E-state index in [-0.39, 0.29) is 0 Å². The molecule has 0 saturated heterocycles. The van der Waals surface area contributed by atoms with Crippen molar-refractivity contribution >= 4 is 10.8 Å². The van der Waals surface area contributed by atoms with E-state index in [0.717, 1.165) is 0 Å². The van der Waals surface area contributed by atoms with Crippen molar-refractivity contribution in [3.05, 3.63) is 48.0 Å². The van der Waals surface area contributed by atoms with Gasteiger partial charge in [0.1, 0.15) is 0 Å². The maximum absolute atomic E-state index is 3.18. The Morgan fingerprint density at radius 2 is 2.09 bits per heavy atom. The zero-order valence-electron chi connectivity index (χ0n) is 6.46. The van der Waals surface area contributed by atoms with Crippen LogP contribution in [-0.2, 0) is 0 Å². The molecule has 0 aliphatic carbocycles. The Balaban J connectivity index is 2.83. The number of hydrogen-bond acceptors (Lipinski definition) is 0. The van der Waals surface area contributed by atoms with Gasteiger partial charge in [-0.1, -0.05) is 42.0 Å². The Bertz CT molecular complexity index is 374. The molecule has 53 valence electrons. The van der Waals surface area contributed by atoms with Crippen molar-refractivity contribution in [2.75, 3.05) is 0 Å². The van der Waals surface area contributed by atoms with Crippen LogP contribution in [0.2, 0.25) is 0 Å². The van der Waals surface area contributed by atoms with E-state index in [9.17, 15) is 0 Å². The third-order valence-electron chi connectivity index (χ3n) is 1.82. The fourth-order valence-corrected chi connectivity index (χ4v) is 1.24. The lowest BCUT2D eigenvalue weighted by Gasteiger charge is -1.96. The highest BCUT2D eigenvalue weighted by atomic mass is 13.9. The number of aryl methyl sites for hydroxylation is 1. The molecule has 11 heavy (non-hydrogen) atoms. The molecule has 2 aromatic carbocycles. The van der Waals surface area contributed by atoms with Gasteiger partial charge in [0, 0.05) is 0 Å². The topological polar surface area (TPSA) is 0 Å². The summed E-state index contributed by atoms with van der Waals surface area (Å²) in [5.74, 6) is 0. The summed E-state index contributed by atoms with van der Waals surface area (Å²) in [5, 5.41) is 2.46. The molecule has 0 atom stereocenters. The van der Waals surface area contributed by atoms with Crippen LogP contribution in [0.25, 0.3) is 10.8 Å². The van der Waals surface area contributed by atoms with Gasteiger partial charge in [-0.2, -0.15) is 0 Å². The highest BCUT2D eigenvalue weighted by Crippen LogP contribution is 2.13. The summed E-state index contributed by atoms with van der Waals surface area (Å²) in [6, 6.07) is 15.6. The van der Waals surface area contributed by atoms with Gasteiger partial charge < -0.3 is 0 Å². The summed E-state index contributed by atoms with van der Waals surface area (Å²) in [5.41, 5.74) is 1.30. The first-order chi connectivity index (χ1) is 5.36. The molecule has 0 bridgehead atoms. The minimum absolute atomic E-state index is 1.19. The third kappa shape index (κ3) is 1.12. The van der Waals surface area contributed by atoms with E-state index in [4.69, 9.17) is 0 Å². The molecule has 0 amide bonds. The Labute approximate surface area is 66.5 Å². The van der Waals surface area contributed by atoms with Crippen LogP contribution in [0.3, 0.4) is 0 Å². The van der Waals surface area contributed by atoms with Crippen LogP contribution in [0.5, 0.6) is 0 Å². The normalized spacial score (nSPS) is 10.3. The molecule has 0 heterocycles. The highest BCUT2D eigenvalue weighted by molar-refractivity contribution is 5.82. The first kappa shape index (κ1) is 6.41. The number of hydrogen-bond donors (Lipinski definition) is 0. The Morgan fingerprint density at radius 1 is 1.18 bits per heavy atom. The van der Waals surface area contributed by atoms with Crippen LogP contribution < -0.4 is 0 Å². The minimum atomic E-state index is 1.19. The van der Waals surface area contributed by atoms with Gasteiger partial charge >= 0.3 is 0 Å². The number of fused-ring (bicyclic) bond motifs is 1. The van der Waals surface area contributed by atoms with E-state index in [0.29, 0.717) is 0 Å². The molecule has 0 unspecified atom stereocenters. The van der Waals surface area contributed by atoms with Crippen molar-refractivity contribution in [3.63, 3.8) is 0 Å². The highest BCUT2D eigenvalue weighted by Gasteiger charge is 1.89. The van der Waals surface area contributed by atoms with Crippen LogP contribution in [0, 0.1) is 13.0 Å². The summed E-state index contributed by atoms with van der Waals surface area (Å²) in [6.45, 7) is 2.10. The van der Waals surface area contributed by atoms with E-state index >= 15 is 0 Å². The fraction of sp³-hybridized carbons (Fsp3) is 0.0909. The van der Waals surface area contributed by atoms with Crippen LogP contribution in [-0.4, -0.2) is 0 Å². The van der Waals surface area contributed by atoms with Gasteiger partial charge in [0.2, 0.25) is 0 Å². The van der Waals surface area contributed by atoms with Crippen LogP contribution >= 0.6 is 0 Å². The molecule has 2 aromatic rings. The number of rotatable bonds is 0.